The molecule has 2 nitrogen and oxygen atoms in total. The minimum Gasteiger partial charge on any atom is -0.384 e. The van der Waals surface area contributed by atoms with Gasteiger partial charge in [0, 0.05) is 27.2 Å². The Kier molecular flexibility index (Phi) is 5.35. The average molecular weight is 313 g/mol. The first-order chi connectivity index (χ1) is 7.92. The predicted molar refractivity (Wildman–Crippen MR) is 79.6 cm³/mol. The number of nitriles is 1. The molecule has 0 heterocycles. The molecule has 0 bridgehead atoms. The van der Waals surface area contributed by atoms with Crippen molar-refractivity contribution in [3.63, 3.8) is 0 Å². The molecule has 0 aliphatic carbocycles. The first-order valence-electron chi connectivity index (χ1n) is 5.50. The van der Waals surface area contributed by atoms with Crippen LogP contribution in [0.2, 0.25) is 0 Å². The second kappa shape index (κ2) is 6.32. The molecular weight excluding hydrogens is 296 g/mol. The highest BCUT2D eigenvalue weighted by molar-refractivity contribution is 9.10. The van der Waals surface area contributed by atoms with Crippen LogP contribution in [0, 0.1) is 11.3 Å². The highest BCUT2D eigenvalue weighted by atomic mass is 79.9. The molecule has 0 radical (unpaired) electrons. The van der Waals surface area contributed by atoms with Gasteiger partial charge in [0.25, 0.3) is 0 Å². The van der Waals surface area contributed by atoms with Crippen LogP contribution in [0.3, 0.4) is 0 Å². The Balaban J connectivity index is 2.43. The summed E-state index contributed by atoms with van der Waals surface area (Å²) < 4.78 is 1.15. The molecule has 0 amide bonds. The summed E-state index contributed by atoms with van der Waals surface area (Å²) in [5.41, 5.74) is 1.71. The summed E-state index contributed by atoms with van der Waals surface area (Å²) >= 11 is 5.32. The molecule has 0 saturated heterocycles. The van der Waals surface area contributed by atoms with Gasteiger partial charge in [-0.2, -0.15) is 17.0 Å². The SMILES string of the molecule is CC(C)(C)SCCNc1ccc(C#N)c(Br)c1. The molecule has 0 aromatic heterocycles. The van der Waals surface area contributed by atoms with Gasteiger partial charge >= 0.3 is 0 Å². The van der Waals surface area contributed by atoms with Gasteiger partial charge in [-0.1, -0.05) is 20.8 Å². The van der Waals surface area contributed by atoms with E-state index in [0.717, 1.165) is 22.5 Å². The topological polar surface area (TPSA) is 35.8 Å². The van der Waals surface area contributed by atoms with Crippen molar-refractivity contribution in [3.8, 4) is 6.07 Å². The van der Waals surface area contributed by atoms with Gasteiger partial charge < -0.3 is 5.32 Å². The van der Waals surface area contributed by atoms with Gasteiger partial charge in [0.1, 0.15) is 6.07 Å². The fourth-order valence-electron chi connectivity index (χ4n) is 1.27. The Bertz CT molecular complexity index is 418. The van der Waals surface area contributed by atoms with Crippen molar-refractivity contribution in [3.05, 3.63) is 28.2 Å². The summed E-state index contributed by atoms with van der Waals surface area (Å²) in [5, 5.41) is 12.2. The van der Waals surface area contributed by atoms with Crippen molar-refractivity contribution in [2.24, 2.45) is 0 Å². The largest absolute Gasteiger partial charge is 0.384 e. The van der Waals surface area contributed by atoms with Crippen molar-refractivity contribution in [1.82, 2.24) is 0 Å². The third kappa shape index (κ3) is 5.47. The van der Waals surface area contributed by atoms with E-state index in [-0.39, 0.29) is 0 Å². The lowest BCUT2D eigenvalue weighted by molar-refractivity contribution is 0.802. The minimum atomic E-state index is 0.312. The number of hydrogen-bond donors (Lipinski definition) is 1. The molecular formula is C13H17BrN2S. The highest BCUT2D eigenvalue weighted by Gasteiger charge is 2.09. The van der Waals surface area contributed by atoms with E-state index in [2.05, 4.69) is 48.1 Å². The number of anilines is 1. The Hall–Kier alpha value is -0.660. The smallest absolute Gasteiger partial charge is 0.100 e. The highest BCUT2D eigenvalue weighted by Crippen LogP contribution is 2.23. The number of hydrogen-bond acceptors (Lipinski definition) is 3. The van der Waals surface area contributed by atoms with Gasteiger partial charge in [-0.05, 0) is 34.1 Å². The predicted octanol–water partition coefficient (Wildman–Crippen LogP) is 4.26. The second-order valence-corrected chi connectivity index (χ2v) is 7.47. The Morgan fingerprint density at radius 2 is 2.12 bits per heavy atom. The molecule has 4 heteroatoms. The van der Waals surface area contributed by atoms with Crippen molar-refractivity contribution in [1.29, 1.82) is 5.26 Å². The molecule has 92 valence electrons. The molecule has 0 fully saturated rings. The quantitative estimate of drug-likeness (QED) is 0.844. The van der Waals surface area contributed by atoms with E-state index in [0.29, 0.717) is 10.3 Å². The van der Waals surface area contributed by atoms with Gasteiger partial charge in [0.05, 0.1) is 5.56 Å². The first kappa shape index (κ1) is 14.4. The van der Waals surface area contributed by atoms with Crippen molar-refractivity contribution >= 4 is 33.4 Å². The van der Waals surface area contributed by atoms with E-state index in [1.165, 1.54) is 0 Å². The van der Waals surface area contributed by atoms with Gasteiger partial charge in [0.2, 0.25) is 0 Å². The normalized spacial score (nSPS) is 11.0. The Morgan fingerprint density at radius 3 is 2.65 bits per heavy atom. The van der Waals surface area contributed by atoms with E-state index < -0.39 is 0 Å². The molecule has 0 aliphatic rings. The van der Waals surface area contributed by atoms with E-state index in [9.17, 15) is 0 Å². The number of nitrogens with zero attached hydrogens (tertiary/aromatic N) is 1. The summed E-state index contributed by atoms with van der Waals surface area (Å²) in [5.74, 6) is 1.07. The van der Waals surface area contributed by atoms with Crippen molar-refractivity contribution in [2.45, 2.75) is 25.5 Å². The number of nitrogens with one attached hydrogen (secondary N) is 1. The van der Waals surface area contributed by atoms with Gasteiger partial charge in [-0.3, -0.25) is 0 Å². The van der Waals surface area contributed by atoms with Crippen LogP contribution in [0.25, 0.3) is 0 Å². The molecule has 1 aromatic rings. The van der Waals surface area contributed by atoms with Crippen LogP contribution in [0.4, 0.5) is 5.69 Å². The molecule has 1 aromatic carbocycles. The van der Waals surface area contributed by atoms with Crippen LogP contribution < -0.4 is 5.32 Å². The molecule has 1 N–H and O–H groups in total. The summed E-state index contributed by atoms with van der Waals surface area (Å²) in [6.45, 7) is 7.59. The lowest BCUT2D eigenvalue weighted by Gasteiger charge is -2.17. The third-order valence-electron chi connectivity index (χ3n) is 2.06. The first-order valence-corrected chi connectivity index (χ1v) is 7.28. The maximum Gasteiger partial charge on any atom is 0.100 e. The van der Waals surface area contributed by atoms with Gasteiger partial charge in [0.15, 0.2) is 0 Å². The molecule has 0 saturated carbocycles. The Labute approximate surface area is 116 Å². The summed E-state index contributed by atoms with van der Waals surface area (Å²) in [6.07, 6.45) is 0. The van der Waals surface area contributed by atoms with E-state index in [1.807, 2.05) is 30.0 Å². The molecule has 0 spiro atoms. The maximum atomic E-state index is 8.81. The van der Waals surface area contributed by atoms with E-state index in [4.69, 9.17) is 5.26 Å². The zero-order valence-electron chi connectivity index (χ0n) is 10.4. The summed E-state index contributed by atoms with van der Waals surface area (Å²) in [6, 6.07) is 7.83. The monoisotopic (exact) mass is 312 g/mol. The fraction of sp³-hybridized carbons (Fsp3) is 0.462. The van der Waals surface area contributed by atoms with Crippen LogP contribution in [0.15, 0.2) is 22.7 Å². The average Bonchev–Trinajstić information content (AvgIpc) is 2.23. The van der Waals surface area contributed by atoms with Crippen LogP contribution in [-0.4, -0.2) is 17.0 Å². The zero-order valence-corrected chi connectivity index (χ0v) is 12.8. The third-order valence-corrected chi connectivity index (χ3v) is 3.99. The molecule has 0 aliphatic heterocycles. The molecule has 1 rings (SSSR count). The lowest BCUT2D eigenvalue weighted by Crippen LogP contribution is -2.12. The minimum absolute atomic E-state index is 0.312. The standard InChI is InChI=1S/C13H17BrN2S/c1-13(2,3)17-7-6-16-11-5-4-10(9-15)12(14)8-11/h4-5,8,16H,6-7H2,1-3H3. The Morgan fingerprint density at radius 1 is 1.41 bits per heavy atom. The number of benzene rings is 1. The summed E-state index contributed by atoms with van der Waals surface area (Å²) in [4.78, 5) is 0. The summed E-state index contributed by atoms with van der Waals surface area (Å²) in [7, 11) is 0. The number of rotatable bonds is 4. The number of thioether (sulfide) groups is 1. The molecule has 0 unspecified atom stereocenters. The second-order valence-electron chi connectivity index (χ2n) is 4.69. The van der Waals surface area contributed by atoms with Crippen molar-refractivity contribution in [2.75, 3.05) is 17.6 Å². The molecule has 0 atom stereocenters. The fourth-order valence-corrected chi connectivity index (χ4v) is 2.55. The van der Waals surface area contributed by atoms with Crippen LogP contribution in [0.1, 0.15) is 26.3 Å². The van der Waals surface area contributed by atoms with Gasteiger partial charge in [-0.25, -0.2) is 0 Å². The van der Waals surface area contributed by atoms with Crippen LogP contribution >= 0.6 is 27.7 Å². The zero-order chi connectivity index (χ0) is 12.9. The van der Waals surface area contributed by atoms with Gasteiger partial charge in [-0.15, -0.1) is 0 Å². The molecule has 17 heavy (non-hydrogen) atoms. The lowest BCUT2D eigenvalue weighted by atomic mass is 10.2. The van der Waals surface area contributed by atoms with Crippen LogP contribution in [-0.2, 0) is 0 Å². The maximum absolute atomic E-state index is 8.81. The van der Waals surface area contributed by atoms with E-state index >= 15 is 0 Å². The van der Waals surface area contributed by atoms with Crippen molar-refractivity contribution < 1.29 is 0 Å². The number of halogens is 1. The van der Waals surface area contributed by atoms with Crippen LogP contribution in [0.5, 0.6) is 0 Å². The van der Waals surface area contributed by atoms with E-state index in [1.54, 1.807) is 0 Å².